The molecule has 1 amide bonds. The Balaban J connectivity index is 1.72. The first-order valence-corrected chi connectivity index (χ1v) is 8.51. The summed E-state index contributed by atoms with van der Waals surface area (Å²) in [5.41, 5.74) is 3.60. The van der Waals surface area contributed by atoms with Crippen LogP contribution in [0.4, 0.5) is 5.69 Å². The van der Waals surface area contributed by atoms with Crippen molar-refractivity contribution in [1.82, 2.24) is 9.13 Å². The molecule has 3 aromatic rings. The number of fused-ring (bicyclic) bond motifs is 1. The summed E-state index contributed by atoms with van der Waals surface area (Å²) in [7, 11) is 1.75. The van der Waals surface area contributed by atoms with Crippen LogP contribution in [0.1, 0.15) is 31.7 Å². The Morgan fingerprint density at radius 2 is 1.80 bits per heavy atom. The lowest BCUT2D eigenvalue weighted by molar-refractivity contribution is -0.116. The molecule has 0 spiro atoms. The highest BCUT2D eigenvalue weighted by molar-refractivity contribution is 5.90. The largest absolute Gasteiger partial charge is 0.328 e. The van der Waals surface area contributed by atoms with Gasteiger partial charge in [-0.2, -0.15) is 0 Å². The molecule has 1 aromatic heterocycles. The minimum absolute atomic E-state index is 0.0965. The third-order valence-electron chi connectivity index (χ3n) is 4.45. The average Bonchev–Trinajstić information content (AvgIpc) is 2.85. The Labute approximate surface area is 146 Å². The van der Waals surface area contributed by atoms with E-state index in [1.165, 1.54) is 5.56 Å². The van der Waals surface area contributed by atoms with E-state index in [1.54, 1.807) is 16.2 Å². The van der Waals surface area contributed by atoms with Crippen LogP contribution >= 0.6 is 0 Å². The summed E-state index contributed by atoms with van der Waals surface area (Å²) < 4.78 is 3.26. The molecule has 130 valence electrons. The lowest BCUT2D eigenvalue weighted by Crippen LogP contribution is -2.24. The molecule has 0 fully saturated rings. The summed E-state index contributed by atoms with van der Waals surface area (Å²) in [5, 5.41) is 2.92. The number of hydrogen-bond acceptors (Lipinski definition) is 2. The lowest BCUT2D eigenvalue weighted by Gasteiger charge is -2.10. The first-order chi connectivity index (χ1) is 12.0. The molecule has 0 radical (unpaired) electrons. The second-order valence-corrected chi connectivity index (χ2v) is 6.56. The maximum absolute atomic E-state index is 12.4. The van der Waals surface area contributed by atoms with Gasteiger partial charge in [0.05, 0.1) is 11.0 Å². The maximum Gasteiger partial charge on any atom is 0.328 e. The van der Waals surface area contributed by atoms with Crippen LogP contribution in [0.5, 0.6) is 0 Å². The van der Waals surface area contributed by atoms with Crippen molar-refractivity contribution in [2.24, 2.45) is 7.05 Å². The van der Waals surface area contributed by atoms with E-state index in [9.17, 15) is 9.59 Å². The Morgan fingerprint density at radius 3 is 2.52 bits per heavy atom. The Hall–Kier alpha value is -2.82. The van der Waals surface area contributed by atoms with Crippen molar-refractivity contribution >= 4 is 22.6 Å². The van der Waals surface area contributed by atoms with Crippen LogP contribution in [-0.2, 0) is 18.4 Å². The molecule has 0 saturated heterocycles. The lowest BCUT2D eigenvalue weighted by atomic mass is 10.0. The van der Waals surface area contributed by atoms with Gasteiger partial charge in [0, 0.05) is 25.7 Å². The molecule has 3 rings (SSSR count). The van der Waals surface area contributed by atoms with E-state index in [0.717, 1.165) is 16.7 Å². The SMILES string of the molecule is CC(C)c1cccc(NC(=O)CCn2c(=O)n(C)c3ccccc32)c1. The van der Waals surface area contributed by atoms with E-state index in [2.05, 4.69) is 25.2 Å². The Kier molecular flexibility index (Phi) is 4.74. The first kappa shape index (κ1) is 17.0. The number of carbonyl (C=O) groups excluding carboxylic acids is 1. The molecule has 25 heavy (non-hydrogen) atoms. The van der Waals surface area contributed by atoms with Crippen LogP contribution in [0, 0.1) is 0 Å². The van der Waals surface area contributed by atoms with Gasteiger partial charge in [0.15, 0.2) is 0 Å². The number of hydrogen-bond donors (Lipinski definition) is 1. The molecular weight excluding hydrogens is 314 g/mol. The predicted octanol–water partition coefficient (Wildman–Crippen LogP) is 3.49. The van der Waals surface area contributed by atoms with Crippen molar-refractivity contribution in [2.75, 3.05) is 5.32 Å². The van der Waals surface area contributed by atoms with Crippen LogP contribution < -0.4 is 11.0 Å². The van der Waals surface area contributed by atoms with E-state index in [4.69, 9.17) is 0 Å². The van der Waals surface area contributed by atoms with Crippen LogP contribution in [0.2, 0.25) is 0 Å². The summed E-state index contributed by atoms with van der Waals surface area (Å²) in [4.78, 5) is 24.7. The molecule has 5 heteroatoms. The number of aryl methyl sites for hydroxylation is 2. The smallest absolute Gasteiger partial charge is 0.326 e. The van der Waals surface area contributed by atoms with E-state index in [1.807, 2.05) is 42.5 Å². The molecule has 0 unspecified atom stereocenters. The van der Waals surface area contributed by atoms with Crippen LogP contribution in [-0.4, -0.2) is 15.0 Å². The highest BCUT2D eigenvalue weighted by Crippen LogP contribution is 2.19. The number of benzene rings is 2. The standard InChI is InChI=1S/C20H23N3O2/c1-14(2)15-7-6-8-16(13-15)21-19(24)11-12-23-18-10-5-4-9-17(18)22(3)20(23)25/h4-10,13-14H,11-12H2,1-3H3,(H,21,24). The number of nitrogens with zero attached hydrogens (tertiary/aromatic N) is 2. The predicted molar refractivity (Wildman–Crippen MR) is 101 cm³/mol. The van der Waals surface area contributed by atoms with Gasteiger partial charge in [0.25, 0.3) is 0 Å². The zero-order valence-corrected chi connectivity index (χ0v) is 14.8. The van der Waals surface area contributed by atoms with Gasteiger partial charge in [-0.05, 0) is 35.7 Å². The molecule has 0 saturated carbocycles. The molecule has 0 atom stereocenters. The van der Waals surface area contributed by atoms with Gasteiger partial charge in [-0.25, -0.2) is 4.79 Å². The number of rotatable bonds is 5. The third kappa shape index (κ3) is 3.50. The van der Waals surface area contributed by atoms with Gasteiger partial charge in [0.1, 0.15) is 0 Å². The van der Waals surface area contributed by atoms with E-state index in [0.29, 0.717) is 12.5 Å². The fraction of sp³-hybridized carbons (Fsp3) is 0.300. The monoisotopic (exact) mass is 337 g/mol. The van der Waals surface area contributed by atoms with Crippen molar-refractivity contribution in [1.29, 1.82) is 0 Å². The van der Waals surface area contributed by atoms with Gasteiger partial charge < -0.3 is 5.32 Å². The first-order valence-electron chi connectivity index (χ1n) is 8.51. The molecule has 1 heterocycles. The van der Waals surface area contributed by atoms with E-state index < -0.39 is 0 Å². The number of nitrogens with one attached hydrogen (secondary N) is 1. The van der Waals surface area contributed by atoms with Gasteiger partial charge in [0.2, 0.25) is 5.91 Å². The van der Waals surface area contributed by atoms with Crippen molar-refractivity contribution in [3.8, 4) is 0 Å². The van der Waals surface area contributed by atoms with Crippen molar-refractivity contribution < 1.29 is 4.79 Å². The van der Waals surface area contributed by atoms with Crippen LogP contribution in [0.25, 0.3) is 11.0 Å². The Bertz CT molecular complexity index is 966. The topological polar surface area (TPSA) is 56.0 Å². The van der Waals surface area contributed by atoms with E-state index in [-0.39, 0.29) is 18.0 Å². The zero-order valence-electron chi connectivity index (χ0n) is 14.8. The highest BCUT2D eigenvalue weighted by Gasteiger charge is 2.11. The quantitative estimate of drug-likeness (QED) is 0.775. The molecule has 5 nitrogen and oxygen atoms in total. The minimum atomic E-state index is -0.101. The highest BCUT2D eigenvalue weighted by atomic mass is 16.2. The Morgan fingerprint density at radius 1 is 1.08 bits per heavy atom. The van der Waals surface area contributed by atoms with Gasteiger partial charge in [-0.1, -0.05) is 38.1 Å². The van der Waals surface area contributed by atoms with E-state index >= 15 is 0 Å². The van der Waals surface area contributed by atoms with Crippen molar-refractivity contribution in [2.45, 2.75) is 32.7 Å². The second-order valence-electron chi connectivity index (χ2n) is 6.56. The number of carbonyl (C=O) groups is 1. The number of aromatic nitrogens is 2. The molecule has 0 bridgehead atoms. The molecule has 0 aliphatic heterocycles. The van der Waals surface area contributed by atoms with Gasteiger partial charge in [-0.15, -0.1) is 0 Å². The van der Waals surface area contributed by atoms with Crippen LogP contribution in [0.15, 0.2) is 53.3 Å². The summed E-state index contributed by atoms with van der Waals surface area (Å²) in [6.45, 7) is 4.59. The fourth-order valence-electron chi connectivity index (χ4n) is 2.99. The number of amides is 1. The molecule has 0 aliphatic carbocycles. The van der Waals surface area contributed by atoms with Crippen LogP contribution in [0.3, 0.4) is 0 Å². The summed E-state index contributed by atoms with van der Waals surface area (Å²) in [6, 6.07) is 15.5. The van der Waals surface area contributed by atoms with Gasteiger partial charge in [-0.3, -0.25) is 13.9 Å². The van der Waals surface area contributed by atoms with Crippen molar-refractivity contribution in [3.63, 3.8) is 0 Å². The summed E-state index contributed by atoms with van der Waals surface area (Å²) in [5.74, 6) is 0.312. The number of anilines is 1. The molecular formula is C20H23N3O2. The maximum atomic E-state index is 12.4. The molecule has 1 N–H and O–H groups in total. The number of para-hydroxylation sites is 2. The molecule has 0 aliphatic rings. The number of imidazole rings is 1. The van der Waals surface area contributed by atoms with Gasteiger partial charge >= 0.3 is 5.69 Å². The molecule has 2 aromatic carbocycles. The summed E-state index contributed by atoms with van der Waals surface area (Å²) >= 11 is 0. The zero-order chi connectivity index (χ0) is 18.0. The average molecular weight is 337 g/mol. The fourth-order valence-corrected chi connectivity index (χ4v) is 2.99. The minimum Gasteiger partial charge on any atom is -0.326 e. The summed E-state index contributed by atoms with van der Waals surface area (Å²) in [6.07, 6.45) is 0.250. The third-order valence-corrected chi connectivity index (χ3v) is 4.45. The van der Waals surface area contributed by atoms with Crippen molar-refractivity contribution in [3.05, 3.63) is 64.6 Å². The normalized spacial score (nSPS) is 11.2. The second kappa shape index (κ2) is 6.97.